The van der Waals surface area contributed by atoms with Gasteiger partial charge in [0.2, 0.25) is 0 Å². The molecule has 1 saturated heterocycles. The molecule has 1 aromatic rings. The molecule has 0 aromatic heterocycles. The van der Waals surface area contributed by atoms with Gasteiger partial charge in [-0.25, -0.2) is 0 Å². The highest BCUT2D eigenvalue weighted by atomic mass is 16.6. The third-order valence-electron chi connectivity index (χ3n) is 4.49. The lowest BCUT2D eigenvalue weighted by Gasteiger charge is -2.26. The maximum atomic E-state index is 10.5. The molecule has 0 aliphatic carbocycles. The maximum Gasteiger partial charge on any atom is 0.274 e. The number of nitro groups is 1. The van der Waals surface area contributed by atoms with E-state index in [1.165, 1.54) is 24.8 Å². The predicted molar refractivity (Wildman–Crippen MR) is 104 cm³/mol. The third kappa shape index (κ3) is 8.27. The molecule has 27 heavy (non-hydrogen) atoms. The molecule has 0 bridgehead atoms. The van der Waals surface area contributed by atoms with Gasteiger partial charge < -0.3 is 20.5 Å². The van der Waals surface area contributed by atoms with Crippen LogP contribution < -0.4 is 15.4 Å². The van der Waals surface area contributed by atoms with Crippen LogP contribution in [0.1, 0.15) is 31.2 Å². The van der Waals surface area contributed by atoms with Crippen molar-refractivity contribution >= 4 is 0 Å². The van der Waals surface area contributed by atoms with Gasteiger partial charge in [-0.05, 0) is 50.0 Å². The number of hydrogen-bond acceptors (Lipinski definition) is 7. The summed E-state index contributed by atoms with van der Waals surface area (Å²) >= 11 is 0. The Bertz CT molecular complexity index is 617. The molecule has 0 radical (unpaired) electrons. The van der Waals surface area contributed by atoms with E-state index in [4.69, 9.17) is 4.74 Å². The first-order valence-electron chi connectivity index (χ1n) is 9.46. The summed E-state index contributed by atoms with van der Waals surface area (Å²) in [5.74, 6) is 1.05. The number of hydrogen-bond donors (Lipinski definition) is 3. The number of benzene rings is 1. The first-order chi connectivity index (χ1) is 13.1. The van der Waals surface area contributed by atoms with E-state index in [2.05, 4.69) is 21.6 Å². The van der Waals surface area contributed by atoms with Gasteiger partial charge in [-0.3, -0.25) is 15.0 Å². The van der Waals surface area contributed by atoms with E-state index in [1.54, 1.807) is 7.05 Å². The van der Waals surface area contributed by atoms with Crippen LogP contribution in [0.4, 0.5) is 0 Å². The molecule has 1 aromatic carbocycles. The van der Waals surface area contributed by atoms with E-state index in [1.807, 2.05) is 18.2 Å². The predicted octanol–water partition coefficient (Wildman–Crippen LogP) is 1.69. The highest BCUT2D eigenvalue weighted by Gasteiger charge is 2.11. The maximum absolute atomic E-state index is 10.5. The second kappa shape index (κ2) is 11.4. The van der Waals surface area contributed by atoms with Gasteiger partial charge in [0.25, 0.3) is 6.20 Å². The summed E-state index contributed by atoms with van der Waals surface area (Å²) in [7, 11) is 1.60. The van der Waals surface area contributed by atoms with E-state index < -0.39 is 11.0 Å². The zero-order valence-electron chi connectivity index (χ0n) is 15.9. The third-order valence-corrected chi connectivity index (χ3v) is 4.49. The molecule has 0 amide bonds. The summed E-state index contributed by atoms with van der Waals surface area (Å²) in [6, 6.07) is 8.00. The highest BCUT2D eigenvalue weighted by Crippen LogP contribution is 2.18. The van der Waals surface area contributed by atoms with Crippen molar-refractivity contribution in [3.8, 4) is 5.75 Å². The average Bonchev–Trinajstić information content (AvgIpc) is 2.66. The Hall–Kier alpha value is -2.32. The first kappa shape index (κ1) is 21.0. The molecule has 3 N–H and O–H groups in total. The van der Waals surface area contributed by atoms with Crippen molar-refractivity contribution < 1.29 is 14.8 Å². The Morgan fingerprint density at radius 2 is 2.19 bits per heavy atom. The van der Waals surface area contributed by atoms with Crippen molar-refractivity contribution in [1.29, 1.82) is 0 Å². The number of rotatable bonds is 11. The summed E-state index contributed by atoms with van der Waals surface area (Å²) in [5, 5.41) is 26.1. The molecule has 2 rings (SSSR count). The van der Waals surface area contributed by atoms with Gasteiger partial charge in [-0.1, -0.05) is 18.6 Å². The second-order valence-corrected chi connectivity index (χ2v) is 6.74. The van der Waals surface area contributed by atoms with Crippen LogP contribution in [0.2, 0.25) is 0 Å². The minimum atomic E-state index is -0.656. The van der Waals surface area contributed by atoms with Crippen LogP contribution in [-0.4, -0.2) is 54.3 Å². The Morgan fingerprint density at radius 1 is 1.41 bits per heavy atom. The van der Waals surface area contributed by atoms with Gasteiger partial charge in [-0.15, -0.1) is 0 Å². The van der Waals surface area contributed by atoms with Gasteiger partial charge in [0, 0.05) is 20.1 Å². The van der Waals surface area contributed by atoms with Crippen molar-refractivity contribution in [2.75, 3.05) is 33.3 Å². The van der Waals surface area contributed by atoms with Crippen molar-refractivity contribution in [1.82, 2.24) is 15.5 Å². The van der Waals surface area contributed by atoms with Crippen molar-refractivity contribution in [3.05, 3.63) is 52.0 Å². The highest BCUT2D eigenvalue weighted by molar-refractivity contribution is 5.28. The molecule has 0 spiro atoms. The number of piperidine rings is 1. The number of aliphatic hydroxyl groups excluding tert-OH is 1. The minimum Gasteiger partial charge on any atom is -0.491 e. The van der Waals surface area contributed by atoms with Crippen LogP contribution in [0.3, 0.4) is 0 Å². The topological polar surface area (TPSA) is 99.9 Å². The Balaban J connectivity index is 1.72. The van der Waals surface area contributed by atoms with Gasteiger partial charge in [0.05, 0.1) is 11.0 Å². The zero-order valence-corrected chi connectivity index (χ0v) is 15.9. The lowest BCUT2D eigenvalue weighted by Crippen LogP contribution is -2.29. The number of likely N-dealkylation sites (tertiary alicyclic amines) is 1. The average molecular weight is 378 g/mol. The Kier molecular flexibility index (Phi) is 8.86. The molecule has 1 fully saturated rings. The van der Waals surface area contributed by atoms with E-state index in [0.29, 0.717) is 18.8 Å². The van der Waals surface area contributed by atoms with Crippen LogP contribution in [0, 0.1) is 10.1 Å². The molecule has 150 valence electrons. The smallest absolute Gasteiger partial charge is 0.274 e. The Morgan fingerprint density at radius 3 is 2.89 bits per heavy atom. The Labute approximate surface area is 160 Å². The first-order valence-corrected chi connectivity index (χ1v) is 9.46. The van der Waals surface area contributed by atoms with Gasteiger partial charge in [-0.2, -0.15) is 0 Å². The number of ether oxygens (including phenoxy) is 1. The zero-order chi connectivity index (χ0) is 19.5. The lowest BCUT2D eigenvalue weighted by molar-refractivity contribution is -0.404. The summed E-state index contributed by atoms with van der Waals surface area (Å²) in [6.07, 6.45) is 4.48. The minimum absolute atomic E-state index is 0.183. The summed E-state index contributed by atoms with van der Waals surface area (Å²) in [5.41, 5.74) is 1.22. The summed E-state index contributed by atoms with van der Waals surface area (Å²) in [4.78, 5) is 12.4. The standard InChI is InChI=1S/C19H30N4O4/c1-20-19(14-23(25)26)21-9-8-17(24)15-27-18-7-5-6-16(12-18)13-22-10-3-2-4-11-22/h5-7,12,14,17,20-21,24H,2-4,8-11,13,15H2,1H3/b19-14+. The van der Waals surface area contributed by atoms with Gasteiger partial charge in [0.15, 0.2) is 5.82 Å². The molecule has 1 aliphatic rings. The molecule has 1 heterocycles. The molecule has 1 unspecified atom stereocenters. The van der Waals surface area contributed by atoms with Crippen LogP contribution in [0.5, 0.6) is 5.75 Å². The quantitative estimate of drug-likeness (QED) is 0.398. The summed E-state index contributed by atoms with van der Waals surface area (Å²) < 4.78 is 5.71. The number of nitrogens with one attached hydrogen (secondary N) is 2. The largest absolute Gasteiger partial charge is 0.491 e. The normalized spacial score (nSPS) is 16.6. The van der Waals surface area contributed by atoms with Crippen LogP contribution in [0.15, 0.2) is 36.3 Å². The van der Waals surface area contributed by atoms with Crippen LogP contribution >= 0.6 is 0 Å². The van der Waals surface area contributed by atoms with Crippen molar-refractivity contribution in [3.63, 3.8) is 0 Å². The van der Waals surface area contributed by atoms with Crippen molar-refractivity contribution in [2.45, 2.75) is 38.3 Å². The monoisotopic (exact) mass is 378 g/mol. The van der Waals surface area contributed by atoms with Gasteiger partial charge in [0.1, 0.15) is 12.4 Å². The molecule has 8 heteroatoms. The van der Waals surface area contributed by atoms with Crippen LogP contribution in [0.25, 0.3) is 0 Å². The molecular weight excluding hydrogens is 348 g/mol. The second-order valence-electron chi connectivity index (χ2n) is 6.74. The van der Waals surface area contributed by atoms with E-state index in [9.17, 15) is 15.2 Å². The lowest BCUT2D eigenvalue weighted by atomic mass is 10.1. The molecule has 8 nitrogen and oxygen atoms in total. The fourth-order valence-corrected chi connectivity index (χ4v) is 3.06. The summed E-state index contributed by atoms with van der Waals surface area (Å²) in [6.45, 7) is 3.81. The van der Waals surface area contributed by atoms with Crippen molar-refractivity contribution in [2.24, 2.45) is 0 Å². The SMILES string of the molecule is CN/C(=C\[N+](=O)[O-])NCCC(O)COc1cccc(CN2CCCCC2)c1. The molecule has 1 aliphatic heterocycles. The van der Waals surface area contributed by atoms with E-state index >= 15 is 0 Å². The number of aliphatic hydroxyl groups is 1. The number of nitrogens with zero attached hydrogens (tertiary/aromatic N) is 2. The van der Waals surface area contributed by atoms with E-state index in [0.717, 1.165) is 31.6 Å². The molecule has 1 atom stereocenters. The van der Waals surface area contributed by atoms with Crippen LogP contribution in [-0.2, 0) is 6.54 Å². The van der Waals surface area contributed by atoms with Gasteiger partial charge >= 0.3 is 0 Å². The fraction of sp³-hybridized carbons (Fsp3) is 0.579. The molecular formula is C19H30N4O4. The molecule has 0 saturated carbocycles. The fourth-order valence-electron chi connectivity index (χ4n) is 3.06. The van der Waals surface area contributed by atoms with E-state index in [-0.39, 0.29) is 6.61 Å².